The second kappa shape index (κ2) is 3.30. The number of fused-ring (bicyclic) bond motifs is 1. The molecule has 0 spiro atoms. The maximum Gasteiger partial charge on any atom is 0.110 e. The normalized spacial score (nSPS) is 48.5. The lowest BCUT2D eigenvalue weighted by Gasteiger charge is -2.43. The molecule has 0 aromatic carbocycles. The summed E-state index contributed by atoms with van der Waals surface area (Å²) in [4.78, 5) is 0. The summed E-state index contributed by atoms with van der Waals surface area (Å²) < 4.78 is 0. The Labute approximate surface area is 73.1 Å². The third-order valence-corrected chi connectivity index (χ3v) is 3.05. The molecule has 1 aliphatic carbocycles. The van der Waals surface area contributed by atoms with Crippen LogP contribution in [0, 0.1) is 5.92 Å². The van der Waals surface area contributed by atoms with E-state index < -0.39 is 0 Å². The molecule has 0 amide bonds. The van der Waals surface area contributed by atoms with Crippen LogP contribution in [0.4, 0.5) is 0 Å². The van der Waals surface area contributed by atoms with Crippen LogP contribution < -0.4 is 22.1 Å². The molecule has 2 fully saturated rings. The first-order chi connectivity index (χ1) is 5.77. The van der Waals surface area contributed by atoms with Crippen molar-refractivity contribution in [2.45, 2.75) is 44.2 Å². The minimum absolute atomic E-state index is 0.0894. The van der Waals surface area contributed by atoms with Gasteiger partial charge in [-0.05, 0) is 12.8 Å². The molecule has 2 rings (SSSR count). The fraction of sp³-hybridized carbons (Fsp3) is 1.00. The zero-order valence-electron chi connectivity index (χ0n) is 7.29. The van der Waals surface area contributed by atoms with Crippen LogP contribution in [0.5, 0.6) is 0 Å². The molecule has 0 radical (unpaired) electrons. The molecule has 4 atom stereocenters. The molecule has 1 saturated carbocycles. The standard InChI is InChI=1S/C8H18N4/c9-7-5-3-1-2-4-6(5)11-8(10)12-7/h5-8,11-12H,1-4,9-10H2. The second-order valence-electron chi connectivity index (χ2n) is 3.89. The van der Waals surface area contributed by atoms with Gasteiger partial charge in [0.25, 0.3) is 0 Å². The van der Waals surface area contributed by atoms with Crippen molar-refractivity contribution in [3.05, 3.63) is 0 Å². The van der Waals surface area contributed by atoms with Gasteiger partial charge in [-0.2, -0.15) is 0 Å². The Balaban J connectivity index is 2.01. The number of hydrogen-bond acceptors (Lipinski definition) is 4. The lowest BCUT2D eigenvalue weighted by atomic mass is 9.81. The van der Waals surface area contributed by atoms with E-state index in [0.29, 0.717) is 12.0 Å². The van der Waals surface area contributed by atoms with E-state index in [1.165, 1.54) is 25.7 Å². The third kappa shape index (κ3) is 1.47. The summed E-state index contributed by atoms with van der Waals surface area (Å²) in [5.74, 6) is 0.582. The largest absolute Gasteiger partial charge is 0.316 e. The first-order valence-electron chi connectivity index (χ1n) is 4.80. The van der Waals surface area contributed by atoms with Gasteiger partial charge < -0.3 is 11.5 Å². The zero-order chi connectivity index (χ0) is 8.55. The summed E-state index contributed by atoms with van der Waals surface area (Å²) in [7, 11) is 0. The molecule has 1 heterocycles. The molecular formula is C8H18N4. The Morgan fingerprint density at radius 1 is 1.00 bits per heavy atom. The fourth-order valence-corrected chi connectivity index (χ4v) is 2.41. The van der Waals surface area contributed by atoms with Crippen molar-refractivity contribution in [3.8, 4) is 0 Å². The second-order valence-corrected chi connectivity index (χ2v) is 3.89. The predicted molar refractivity (Wildman–Crippen MR) is 48.0 cm³/mol. The van der Waals surface area contributed by atoms with Gasteiger partial charge in [0.05, 0.1) is 6.17 Å². The quantitative estimate of drug-likeness (QED) is 0.386. The van der Waals surface area contributed by atoms with Crippen molar-refractivity contribution in [1.29, 1.82) is 0 Å². The minimum Gasteiger partial charge on any atom is -0.316 e. The molecule has 12 heavy (non-hydrogen) atoms. The van der Waals surface area contributed by atoms with Crippen molar-refractivity contribution in [2.75, 3.05) is 0 Å². The monoisotopic (exact) mass is 170 g/mol. The topological polar surface area (TPSA) is 76.1 Å². The lowest BCUT2D eigenvalue weighted by Crippen LogP contribution is -2.69. The van der Waals surface area contributed by atoms with Crippen LogP contribution in [0.1, 0.15) is 25.7 Å². The zero-order valence-corrected chi connectivity index (χ0v) is 7.29. The molecule has 2 aliphatic rings. The highest BCUT2D eigenvalue weighted by molar-refractivity contribution is 4.91. The third-order valence-electron chi connectivity index (χ3n) is 3.05. The summed E-state index contributed by atoms with van der Waals surface area (Å²) in [6.07, 6.45) is 5.07. The van der Waals surface area contributed by atoms with Crippen LogP contribution in [-0.4, -0.2) is 18.5 Å². The van der Waals surface area contributed by atoms with E-state index in [0.717, 1.165) is 0 Å². The van der Waals surface area contributed by atoms with E-state index in [2.05, 4.69) is 10.6 Å². The Bertz CT molecular complexity index is 161. The summed E-state index contributed by atoms with van der Waals surface area (Å²) in [6.45, 7) is 0. The summed E-state index contributed by atoms with van der Waals surface area (Å²) in [6, 6.07) is 0.546. The van der Waals surface area contributed by atoms with Crippen LogP contribution in [0.25, 0.3) is 0 Å². The molecule has 1 aliphatic heterocycles. The van der Waals surface area contributed by atoms with Gasteiger partial charge in [-0.15, -0.1) is 0 Å². The average molecular weight is 170 g/mol. The Kier molecular flexibility index (Phi) is 2.32. The Hall–Kier alpha value is -0.160. The van der Waals surface area contributed by atoms with Crippen LogP contribution >= 0.6 is 0 Å². The van der Waals surface area contributed by atoms with Gasteiger partial charge in [0.2, 0.25) is 0 Å². The summed E-state index contributed by atoms with van der Waals surface area (Å²) >= 11 is 0. The first kappa shape index (κ1) is 8.44. The molecule has 4 heteroatoms. The van der Waals surface area contributed by atoms with Crippen LogP contribution in [-0.2, 0) is 0 Å². The van der Waals surface area contributed by atoms with Crippen molar-refractivity contribution >= 4 is 0 Å². The molecule has 1 saturated heterocycles. The van der Waals surface area contributed by atoms with Gasteiger partial charge in [-0.3, -0.25) is 10.6 Å². The predicted octanol–water partition coefficient (Wildman–Crippen LogP) is -0.735. The van der Waals surface area contributed by atoms with E-state index in [4.69, 9.17) is 11.5 Å². The highest BCUT2D eigenvalue weighted by Gasteiger charge is 2.34. The van der Waals surface area contributed by atoms with E-state index >= 15 is 0 Å². The smallest absolute Gasteiger partial charge is 0.110 e. The molecule has 0 aromatic rings. The fourth-order valence-electron chi connectivity index (χ4n) is 2.41. The molecule has 4 nitrogen and oxygen atoms in total. The number of nitrogens with one attached hydrogen (secondary N) is 2. The van der Waals surface area contributed by atoms with Crippen molar-refractivity contribution in [3.63, 3.8) is 0 Å². The Morgan fingerprint density at radius 2 is 1.75 bits per heavy atom. The first-order valence-corrected chi connectivity index (χ1v) is 4.80. The van der Waals surface area contributed by atoms with Crippen molar-refractivity contribution in [1.82, 2.24) is 10.6 Å². The molecular weight excluding hydrogens is 152 g/mol. The van der Waals surface area contributed by atoms with E-state index in [9.17, 15) is 0 Å². The minimum atomic E-state index is -0.112. The van der Waals surface area contributed by atoms with Gasteiger partial charge in [-0.25, -0.2) is 0 Å². The maximum atomic E-state index is 5.95. The van der Waals surface area contributed by atoms with Crippen molar-refractivity contribution in [2.24, 2.45) is 17.4 Å². The SMILES string of the molecule is NC1NC(N)C2CCCCC2N1. The lowest BCUT2D eigenvalue weighted by molar-refractivity contribution is 0.125. The summed E-state index contributed by atoms with van der Waals surface area (Å²) in [5, 5.41) is 6.46. The number of nitrogens with two attached hydrogens (primary N) is 2. The van der Waals surface area contributed by atoms with Gasteiger partial charge in [0, 0.05) is 12.0 Å². The van der Waals surface area contributed by atoms with Gasteiger partial charge >= 0.3 is 0 Å². The molecule has 4 unspecified atom stereocenters. The Morgan fingerprint density at radius 3 is 2.58 bits per heavy atom. The highest BCUT2D eigenvalue weighted by atomic mass is 15.3. The molecule has 0 aromatic heterocycles. The van der Waals surface area contributed by atoms with Crippen LogP contribution in [0.3, 0.4) is 0 Å². The van der Waals surface area contributed by atoms with E-state index in [1.54, 1.807) is 0 Å². The van der Waals surface area contributed by atoms with E-state index in [1.807, 2.05) is 0 Å². The van der Waals surface area contributed by atoms with Crippen LogP contribution in [0.2, 0.25) is 0 Å². The molecule has 6 N–H and O–H groups in total. The molecule has 70 valence electrons. The highest BCUT2D eigenvalue weighted by Crippen LogP contribution is 2.27. The van der Waals surface area contributed by atoms with Gasteiger partial charge in [0.1, 0.15) is 6.29 Å². The van der Waals surface area contributed by atoms with Crippen LogP contribution in [0.15, 0.2) is 0 Å². The maximum absolute atomic E-state index is 5.95. The molecule has 0 bridgehead atoms. The average Bonchev–Trinajstić information content (AvgIpc) is 2.04. The number of hydrogen-bond donors (Lipinski definition) is 4. The van der Waals surface area contributed by atoms with E-state index in [-0.39, 0.29) is 12.5 Å². The van der Waals surface area contributed by atoms with Crippen molar-refractivity contribution < 1.29 is 0 Å². The number of rotatable bonds is 0. The van der Waals surface area contributed by atoms with Gasteiger partial charge in [0.15, 0.2) is 0 Å². The van der Waals surface area contributed by atoms with Gasteiger partial charge in [-0.1, -0.05) is 12.8 Å². The summed E-state index contributed by atoms with van der Waals surface area (Å²) in [5.41, 5.74) is 11.7.